The quantitative estimate of drug-likeness (QED) is 0.772. The second-order valence-electron chi connectivity index (χ2n) is 6.56. The lowest BCUT2D eigenvalue weighted by atomic mass is 9.86. The fraction of sp³-hybridized carbons (Fsp3) is 0.500. The van der Waals surface area contributed by atoms with Crippen LogP contribution in [0.3, 0.4) is 0 Å². The largest absolute Gasteiger partial charge is 0.477 e. The molecule has 6 nitrogen and oxygen atoms in total. The second-order valence-corrected chi connectivity index (χ2v) is 6.56. The van der Waals surface area contributed by atoms with Crippen LogP contribution in [0.15, 0.2) is 24.3 Å². The number of ether oxygens (including phenoxy) is 2. The summed E-state index contributed by atoms with van der Waals surface area (Å²) in [6.07, 6.45) is 4.69. The number of carbonyl (C=O) groups excluding carboxylic acids is 2. The number of benzene rings is 1. The van der Waals surface area contributed by atoms with Gasteiger partial charge in [0.05, 0.1) is 11.1 Å². The predicted molar refractivity (Wildman–Crippen MR) is 86.2 cm³/mol. The normalized spacial score (nSPS) is 16.6. The highest BCUT2D eigenvalue weighted by molar-refractivity contribution is 5.93. The maximum atomic E-state index is 12.9. The lowest BCUT2D eigenvalue weighted by molar-refractivity contribution is -0.170. The molecule has 8 heteroatoms. The van der Waals surface area contributed by atoms with E-state index in [0.29, 0.717) is 0 Å². The molecule has 0 saturated heterocycles. The molecule has 0 atom stereocenters. The van der Waals surface area contributed by atoms with Gasteiger partial charge in [-0.1, -0.05) is 6.42 Å². The summed E-state index contributed by atoms with van der Waals surface area (Å²) in [7, 11) is 0. The Labute approximate surface area is 149 Å². The highest BCUT2D eigenvalue weighted by Crippen LogP contribution is 2.31. The summed E-state index contributed by atoms with van der Waals surface area (Å²) >= 11 is 0. The van der Waals surface area contributed by atoms with Crippen molar-refractivity contribution >= 4 is 17.9 Å². The Balaban J connectivity index is 1.95. The Hall–Kier alpha value is -2.51. The monoisotopic (exact) mass is 370 g/mol. The molecular weight excluding hydrogens is 350 g/mol. The van der Waals surface area contributed by atoms with Gasteiger partial charge in [-0.15, -0.1) is 0 Å². The van der Waals surface area contributed by atoms with Crippen molar-refractivity contribution in [2.75, 3.05) is 6.61 Å². The summed E-state index contributed by atoms with van der Waals surface area (Å²) in [4.78, 5) is 34.2. The maximum Gasteiger partial charge on any atom is 0.378 e. The van der Waals surface area contributed by atoms with Crippen LogP contribution in [0.4, 0.5) is 8.78 Å². The van der Waals surface area contributed by atoms with Crippen LogP contribution < -0.4 is 0 Å². The smallest absolute Gasteiger partial charge is 0.378 e. The highest BCUT2D eigenvalue weighted by Gasteiger charge is 2.40. The predicted octanol–water partition coefficient (Wildman–Crippen LogP) is 3.44. The summed E-state index contributed by atoms with van der Waals surface area (Å²) in [5.41, 5.74) is -0.356. The summed E-state index contributed by atoms with van der Waals surface area (Å²) in [6.45, 7) is 0.321. The van der Waals surface area contributed by atoms with Gasteiger partial charge in [-0.05, 0) is 56.9 Å². The Morgan fingerprint density at radius 2 is 1.54 bits per heavy atom. The lowest BCUT2D eigenvalue weighted by Crippen LogP contribution is -2.34. The zero-order chi connectivity index (χ0) is 19.4. The first-order valence-corrected chi connectivity index (χ1v) is 8.25. The molecule has 1 N–H and O–H groups in total. The molecule has 0 heterocycles. The topological polar surface area (TPSA) is 89.9 Å². The van der Waals surface area contributed by atoms with Gasteiger partial charge in [0.25, 0.3) is 0 Å². The van der Waals surface area contributed by atoms with E-state index in [-0.39, 0.29) is 11.1 Å². The van der Waals surface area contributed by atoms with Crippen LogP contribution in [0.25, 0.3) is 0 Å². The molecular formula is C18H20F2O6. The molecule has 0 aliphatic heterocycles. The molecule has 0 unspecified atom stereocenters. The van der Waals surface area contributed by atoms with Gasteiger partial charge >= 0.3 is 23.8 Å². The van der Waals surface area contributed by atoms with E-state index in [1.807, 2.05) is 6.92 Å². The number of halogens is 2. The summed E-state index contributed by atoms with van der Waals surface area (Å²) in [5, 5.41) is 8.28. The molecule has 2 rings (SSSR count). The minimum absolute atomic E-state index is 0.0772. The number of esters is 2. The van der Waals surface area contributed by atoms with E-state index in [1.165, 1.54) is 24.3 Å². The number of carboxylic acid groups (broad SMARTS) is 1. The van der Waals surface area contributed by atoms with Crippen LogP contribution in [-0.4, -0.2) is 41.1 Å². The molecule has 1 aromatic rings. The van der Waals surface area contributed by atoms with E-state index in [0.717, 1.165) is 32.1 Å². The van der Waals surface area contributed by atoms with Gasteiger partial charge in [0.1, 0.15) is 5.60 Å². The summed E-state index contributed by atoms with van der Waals surface area (Å²) in [5.74, 6) is -8.16. The molecule has 1 fully saturated rings. The Bertz CT molecular complexity index is 677. The van der Waals surface area contributed by atoms with Gasteiger partial charge in [0.2, 0.25) is 0 Å². The van der Waals surface area contributed by atoms with Crippen LogP contribution in [0.1, 0.15) is 59.7 Å². The van der Waals surface area contributed by atoms with Crippen LogP contribution in [-0.2, 0) is 14.3 Å². The van der Waals surface area contributed by atoms with Crippen molar-refractivity contribution in [3.63, 3.8) is 0 Å². The standard InChI is InChI=1S/C18H20F2O6/c1-17(9-3-2-4-10-17)26-15(22)13-7-5-12(6-8-13)14(21)25-11-18(19,20)16(23)24/h5-8H,2-4,9-11H2,1H3,(H,23,24). The first-order chi connectivity index (χ1) is 12.1. The SMILES string of the molecule is CC1(OC(=O)c2ccc(C(=O)OCC(F)(F)C(=O)O)cc2)CCCCC1. The third-order valence-electron chi connectivity index (χ3n) is 4.30. The number of hydrogen-bond donors (Lipinski definition) is 1. The van der Waals surface area contributed by atoms with E-state index in [9.17, 15) is 23.2 Å². The van der Waals surface area contributed by atoms with Crippen molar-refractivity contribution in [2.45, 2.75) is 50.6 Å². The fourth-order valence-corrected chi connectivity index (χ4v) is 2.73. The molecule has 0 aromatic heterocycles. The van der Waals surface area contributed by atoms with Gasteiger partial charge in [0.15, 0.2) is 6.61 Å². The average molecular weight is 370 g/mol. The lowest BCUT2D eigenvalue weighted by Gasteiger charge is -2.33. The third kappa shape index (κ3) is 5.00. The van der Waals surface area contributed by atoms with Crippen molar-refractivity contribution in [3.8, 4) is 0 Å². The van der Waals surface area contributed by atoms with Crippen molar-refractivity contribution in [1.82, 2.24) is 0 Å². The van der Waals surface area contributed by atoms with E-state index in [1.54, 1.807) is 0 Å². The molecule has 1 saturated carbocycles. The average Bonchev–Trinajstić information content (AvgIpc) is 2.60. The maximum absolute atomic E-state index is 12.9. The number of carboxylic acids is 1. The van der Waals surface area contributed by atoms with Crippen molar-refractivity contribution in [2.24, 2.45) is 0 Å². The minimum Gasteiger partial charge on any atom is -0.477 e. The van der Waals surface area contributed by atoms with Crippen LogP contribution in [0, 0.1) is 0 Å². The highest BCUT2D eigenvalue weighted by atomic mass is 19.3. The molecule has 26 heavy (non-hydrogen) atoms. The first-order valence-electron chi connectivity index (χ1n) is 8.25. The molecule has 1 aliphatic rings. The van der Waals surface area contributed by atoms with Gasteiger partial charge in [-0.2, -0.15) is 8.78 Å². The number of aliphatic carboxylic acids is 1. The molecule has 0 bridgehead atoms. The number of alkyl halides is 2. The fourth-order valence-electron chi connectivity index (χ4n) is 2.73. The number of hydrogen-bond acceptors (Lipinski definition) is 5. The van der Waals surface area contributed by atoms with Gasteiger partial charge in [0, 0.05) is 0 Å². The van der Waals surface area contributed by atoms with E-state index < -0.39 is 36.0 Å². The van der Waals surface area contributed by atoms with Crippen molar-refractivity contribution < 1.29 is 37.7 Å². The molecule has 0 radical (unpaired) electrons. The zero-order valence-corrected chi connectivity index (χ0v) is 14.3. The Kier molecular flexibility index (Phi) is 5.94. The zero-order valence-electron chi connectivity index (χ0n) is 14.3. The van der Waals surface area contributed by atoms with E-state index >= 15 is 0 Å². The number of rotatable bonds is 6. The number of carbonyl (C=O) groups is 3. The van der Waals surface area contributed by atoms with E-state index in [4.69, 9.17) is 9.84 Å². The van der Waals surface area contributed by atoms with Crippen LogP contribution in [0.2, 0.25) is 0 Å². The molecule has 0 amide bonds. The Morgan fingerprint density at radius 3 is 2.04 bits per heavy atom. The van der Waals surface area contributed by atoms with Gasteiger partial charge in [-0.25, -0.2) is 14.4 Å². The van der Waals surface area contributed by atoms with Crippen molar-refractivity contribution in [3.05, 3.63) is 35.4 Å². The summed E-state index contributed by atoms with van der Waals surface area (Å²) in [6, 6.07) is 5.14. The second kappa shape index (κ2) is 7.80. The Morgan fingerprint density at radius 1 is 1.04 bits per heavy atom. The molecule has 0 spiro atoms. The van der Waals surface area contributed by atoms with Gasteiger partial charge < -0.3 is 14.6 Å². The summed E-state index contributed by atoms with van der Waals surface area (Å²) < 4.78 is 35.7. The van der Waals surface area contributed by atoms with Crippen LogP contribution in [0.5, 0.6) is 0 Å². The molecule has 1 aromatic carbocycles. The van der Waals surface area contributed by atoms with Crippen molar-refractivity contribution in [1.29, 1.82) is 0 Å². The van der Waals surface area contributed by atoms with Gasteiger partial charge in [-0.3, -0.25) is 0 Å². The van der Waals surface area contributed by atoms with Crippen LogP contribution >= 0.6 is 0 Å². The first kappa shape index (κ1) is 19.8. The van der Waals surface area contributed by atoms with E-state index in [2.05, 4.69) is 4.74 Å². The molecule has 142 valence electrons. The third-order valence-corrected chi connectivity index (χ3v) is 4.30. The minimum atomic E-state index is -4.16. The molecule has 1 aliphatic carbocycles.